The summed E-state index contributed by atoms with van der Waals surface area (Å²) in [5, 5.41) is 9.05. The first-order valence-corrected chi connectivity index (χ1v) is 6.58. The van der Waals surface area contributed by atoms with Crippen molar-refractivity contribution < 1.29 is 27.8 Å². The topological polar surface area (TPSA) is 49.8 Å². The summed E-state index contributed by atoms with van der Waals surface area (Å²) in [5.41, 5.74) is -0.0803. The molecule has 3 rings (SSSR count). The van der Waals surface area contributed by atoms with Crippen LogP contribution in [0.1, 0.15) is 5.56 Å². The first kappa shape index (κ1) is 15.0. The highest BCUT2D eigenvalue weighted by atomic mass is 19.1. The second-order valence-corrected chi connectivity index (χ2v) is 4.83. The lowest BCUT2D eigenvalue weighted by Crippen LogP contribution is -2.26. The summed E-state index contributed by atoms with van der Waals surface area (Å²) in [4.78, 5) is 12.2. The molecule has 0 amide bonds. The van der Waals surface area contributed by atoms with Crippen molar-refractivity contribution in [2.45, 2.75) is 6.54 Å². The number of carbonyl (C=O) groups is 1. The van der Waals surface area contributed by atoms with Gasteiger partial charge in [-0.15, -0.1) is 0 Å². The molecule has 0 fully saturated rings. The predicted molar refractivity (Wildman–Crippen MR) is 75.3 cm³/mol. The van der Waals surface area contributed by atoms with Gasteiger partial charge >= 0.3 is 5.97 Å². The number of rotatable bonds is 3. The van der Waals surface area contributed by atoms with E-state index in [4.69, 9.17) is 9.84 Å². The van der Waals surface area contributed by atoms with Gasteiger partial charge in [-0.1, -0.05) is 18.2 Å². The molecule has 0 atom stereocenters. The minimum atomic E-state index is -1.45. The van der Waals surface area contributed by atoms with E-state index in [0.29, 0.717) is 0 Å². The van der Waals surface area contributed by atoms with E-state index >= 15 is 0 Å². The van der Waals surface area contributed by atoms with Crippen molar-refractivity contribution in [1.29, 1.82) is 0 Å². The Morgan fingerprint density at radius 2 is 1.74 bits per heavy atom. The molecule has 0 saturated carbocycles. The van der Waals surface area contributed by atoms with Crippen molar-refractivity contribution in [2.75, 3.05) is 4.90 Å². The van der Waals surface area contributed by atoms with Gasteiger partial charge in [-0.3, -0.25) is 0 Å². The number of anilines is 1. The van der Waals surface area contributed by atoms with Crippen LogP contribution in [-0.2, 0) is 11.3 Å². The molecule has 118 valence electrons. The number of ether oxygens (including phenoxy) is 1. The maximum Gasteiger partial charge on any atom is 0.373 e. The molecule has 0 spiro atoms. The van der Waals surface area contributed by atoms with Crippen LogP contribution < -0.4 is 9.64 Å². The van der Waals surface area contributed by atoms with Crippen LogP contribution in [0.25, 0.3) is 0 Å². The monoisotopic (exact) mass is 321 g/mol. The molecule has 0 radical (unpaired) electrons. The molecule has 1 aliphatic heterocycles. The molecule has 0 aromatic heterocycles. The summed E-state index contributed by atoms with van der Waals surface area (Å²) in [5.74, 6) is -4.83. The Morgan fingerprint density at radius 3 is 2.43 bits per heavy atom. The fourth-order valence-corrected chi connectivity index (χ4v) is 2.26. The molecule has 4 nitrogen and oxygen atoms in total. The summed E-state index contributed by atoms with van der Waals surface area (Å²) in [7, 11) is 0. The molecule has 0 aliphatic carbocycles. The molecular weight excluding hydrogens is 311 g/mol. The van der Waals surface area contributed by atoms with Gasteiger partial charge < -0.3 is 14.7 Å². The Balaban J connectivity index is 2.10. The maximum atomic E-state index is 14.1. The average Bonchev–Trinajstić information content (AvgIpc) is 2.52. The number of nitrogens with zero attached hydrogens (tertiary/aromatic N) is 1. The molecule has 0 bridgehead atoms. The lowest BCUT2D eigenvalue weighted by atomic mass is 10.1. The second kappa shape index (κ2) is 5.68. The molecule has 23 heavy (non-hydrogen) atoms. The first-order valence-electron chi connectivity index (χ1n) is 6.58. The molecule has 2 aromatic rings. The van der Waals surface area contributed by atoms with E-state index in [1.807, 2.05) is 0 Å². The fourth-order valence-electron chi connectivity index (χ4n) is 2.26. The second-order valence-electron chi connectivity index (χ2n) is 4.83. The summed E-state index contributed by atoms with van der Waals surface area (Å²) in [6.07, 6.45) is 1.000. The number of carboxylic acids is 1. The lowest BCUT2D eigenvalue weighted by molar-refractivity contribution is -0.135. The zero-order valence-electron chi connectivity index (χ0n) is 11.6. The average molecular weight is 321 g/mol. The number of hydrogen-bond donors (Lipinski definition) is 1. The fraction of sp³-hybridized carbons (Fsp3) is 0.0625. The van der Waals surface area contributed by atoms with Gasteiger partial charge in [0, 0.05) is 5.56 Å². The van der Waals surface area contributed by atoms with Gasteiger partial charge in [-0.05, 0) is 18.2 Å². The van der Waals surface area contributed by atoms with Gasteiger partial charge in [0.05, 0.1) is 12.7 Å². The summed E-state index contributed by atoms with van der Waals surface area (Å²) in [6.45, 7) is -0.180. The molecule has 7 heteroatoms. The van der Waals surface area contributed by atoms with Crippen LogP contribution in [0.5, 0.6) is 5.75 Å². The van der Waals surface area contributed by atoms with Crippen LogP contribution in [0, 0.1) is 17.5 Å². The third-order valence-electron chi connectivity index (χ3n) is 3.32. The van der Waals surface area contributed by atoms with E-state index in [0.717, 1.165) is 23.2 Å². The Hall–Kier alpha value is -2.96. The molecule has 0 unspecified atom stereocenters. The van der Waals surface area contributed by atoms with Crippen LogP contribution in [0.3, 0.4) is 0 Å². The van der Waals surface area contributed by atoms with Gasteiger partial charge in [0.15, 0.2) is 17.4 Å². The van der Waals surface area contributed by atoms with Gasteiger partial charge in [0.2, 0.25) is 5.76 Å². The highest BCUT2D eigenvalue weighted by molar-refractivity contribution is 5.87. The van der Waals surface area contributed by atoms with E-state index in [1.165, 1.54) is 18.2 Å². The lowest BCUT2D eigenvalue weighted by Gasteiger charge is -2.28. The zero-order valence-corrected chi connectivity index (χ0v) is 11.6. The minimum absolute atomic E-state index is 0.180. The largest absolute Gasteiger partial charge is 0.475 e. The van der Waals surface area contributed by atoms with Crippen molar-refractivity contribution >= 4 is 11.7 Å². The van der Waals surface area contributed by atoms with E-state index in [1.54, 1.807) is 6.07 Å². The summed E-state index contributed by atoms with van der Waals surface area (Å²) >= 11 is 0. The SMILES string of the molecule is O=C(O)C1=CN(Cc2ccccc2F)c2c(F)ccc(F)c2O1. The Morgan fingerprint density at radius 1 is 1.04 bits per heavy atom. The van der Waals surface area contributed by atoms with Crippen LogP contribution in [0.2, 0.25) is 0 Å². The minimum Gasteiger partial charge on any atom is -0.475 e. The Labute approximate surface area is 129 Å². The van der Waals surface area contributed by atoms with Crippen molar-refractivity contribution in [2.24, 2.45) is 0 Å². The Bertz CT molecular complexity index is 820. The quantitative estimate of drug-likeness (QED) is 0.941. The van der Waals surface area contributed by atoms with Gasteiger partial charge in [-0.2, -0.15) is 0 Å². The van der Waals surface area contributed by atoms with Crippen LogP contribution >= 0.6 is 0 Å². The third kappa shape index (κ3) is 2.73. The number of carboxylic acid groups (broad SMARTS) is 1. The number of hydrogen-bond acceptors (Lipinski definition) is 3. The van der Waals surface area contributed by atoms with Crippen LogP contribution in [0.15, 0.2) is 48.4 Å². The maximum absolute atomic E-state index is 14.1. The highest BCUT2D eigenvalue weighted by Gasteiger charge is 2.29. The van der Waals surface area contributed by atoms with Gasteiger partial charge in [0.1, 0.15) is 11.5 Å². The Kier molecular flexibility index (Phi) is 3.69. The summed E-state index contributed by atoms with van der Waals surface area (Å²) < 4.78 is 46.6. The highest BCUT2D eigenvalue weighted by Crippen LogP contribution is 2.39. The van der Waals surface area contributed by atoms with E-state index in [9.17, 15) is 18.0 Å². The smallest absolute Gasteiger partial charge is 0.373 e. The molecule has 1 heterocycles. The van der Waals surface area contributed by atoms with Crippen molar-refractivity contribution in [3.63, 3.8) is 0 Å². The molecule has 1 N–H and O–H groups in total. The zero-order chi connectivity index (χ0) is 16.6. The normalized spacial score (nSPS) is 13.2. The number of benzene rings is 2. The van der Waals surface area contributed by atoms with E-state index in [2.05, 4.69) is 0 Å². The predicted octanol–water partition coefficient (Wildman–Crippen LogP) is 3.43. The summed E-state index contributed by atoms with van der Waals surface area (Å²) in [6, 6.07) is 7.50. The standard InChI is InChI=1S/C16H10F3NO3/c17-10-4-2-1-3-9(10)7-20-8-13(16(21)22)23-15-12(19)6-5-11(18)14(15)20/h1-6,8H,7H2,(H,21,22). The third-order valence-corrected chi connectivity index (χ3v) is 3.32. The first-order chi connectivity index (χ1) is 11.0. The molecular formula is C16H10F3NO3. The van der Waals surface area contributed by atoms with Crippen LogP contribution in [0.4, 0.5) is 18.9 Å². The molecule has 1 aliphatic rings. The van der Waals surface area contributed by atoms with Gasteiger partial charge in [0.25, 0.3) is 0 Å². The van der Waals surface area contributed by atoms with Gasteiger partial charge in [-0.25, -0.2) is 18.0 Å². The van der Waals surface area contributed by atoms with Crippen LogP contribution in [-0.4, -0.2) is 11.1 Å². The van der Waals surface area contributed by atoms with E-state index in [-0.39, 0.29) is 17.8 Å². The number of aliphatic carboxylic acids is 1. The molecule has 0 saturated heterocycles. The number of fused-ring (bicyclic) bond motifs is 1. The molecule has 2 aromatic carbocycles. The van der Waals surface area contributed by atoms with Crippen molar-refractivity contribution in [3.8, 4) is 5.75 Å². The van der Waals surface area contributed by atoms with E-state index < -0.39 is 34.9 Å². The number of halogens is 3. The van der Waals surface area contributed by atoms with Crippen molar-refractivity contribution in [3.05, 3.63) is 71.4 Å². The van der Waals surface area contributed by atoms with Crippen molar-refractivity contribution in [1.82, 2.24) is 0 Å².